The van der Waals surface area contributed by atoms with E-state index >= 15 is 0 Å². The Morgan fingerprint density at radius 3 is 2.27 bits per heavy atom. The van der Waals surface area contributed by atoms with Gasteiger partial charge in [0.05, 0.1) is 12.2 Å². The minimum Gasteiger partial charge on any atom is -0.389 e. The van der Waals surface area contributed by atoms with Crippen LogP contribution >= 0.6 is 0 Å². The van der Waals surface area contributed by atoms with Crippen molar-refractivity contribution >= 4 is 0 Å². The molecule has 0 unspecified atom stereocenters. The molecular formula is C8H15NO2. The maximum atomic E-state index is 9.64. The lowest BCUT2D eigenvalue weighted by molar-refractivity contribution is 0.0124. The van der Waals surface area contributed by atoms with Crippen molar-refractivity contribution in [2.45, 2.75) is 43.4 Å². The smallest absolute Gasteiger partial charge is 0.0992 e. The molecule has 3 N–H and O–H groups in total. The molecule has 3 heteroatoms. The van der Waals surface area contributed by atoms with Gasteiger partial charge in [0.2, 0.25) is 0 Å². The average molecular weight is 157 g/mol. The van der Waals surface area contributed by atoms with Gasteiger partial charge in [-0.1, -0.05) is 12.8 Å². The topological polar surface area (TPSA) is 52.5 Å². The van der Waals surface area contributed by atoms with E-state index in [1.165, 1.54) is 12.8 Å². The molecule has 0 aromatic carbocycles. The molecule has 3 nitrogen and oxygen atoms in total. The monoisotopic (exact) mass is 157 g/mol. The molecule has 1 saturated carbocycles. The highest BCUT2D eigenvalue weighted by Gasteiger charge is 2.48. The van der Waals surface area contributed by atoms with Crippen LogP contribution in [-0.2, 0) is 0 Å². The van der Waals surface area contributed by atoms with Gasteiger partial charge in [0.1, 0.15) is 0 Å². The van der Waals surface area contributed by atoms with Crippen molar-refractivity contribution in [1.29, 1.82) is 0 Å². The summed E-state index contributed by atoms with van der Waals surface area (Å²) in [4.78, 5) is 0. The number of hydrogen-bond acceptors (Lipinski definition) is 3. The van der Waals surface area contributed by atoms with Crippen LogP contribution in [0.2, 0.25) is 0 Å². The molecule has 64 valence electrons. The van der Waals surface area contributed by atoms with Gasteiger partial charge in [-0.3, -0.25) is 0 Å². The van der Waals surface area contributed by atoms with Crippen LogP contribution in [-0.4, -0.2) is 34.5 Å². The Labute approximate surface area is 66.4 Å². The first-order valence-corrected chi connectivity index (χ1v) is 4.36. The molecular weight excluding hydrogens is 142 g/mol. The molecule has 0 aromatic rings. The first kappa shape index (κ1) is 7.53. The molecule has 0 aromatic heterocycles. The predicted molar refractivity (Wildman–Crippen MR) is 41.2 cm³/mol. The van der Waals surface area contributed by atoms with Crippen molar-refractivity contribution in [3.05, 3.63) is 0 Å². The fourth-order valence-electron chi connectivity index (χ4n) is 2.37. The lowest BCUT2D eigenvalue weighted by Gasteiger charge is -2.27. The zero-order chi connectivity index (χ0) is 7.90. The molecule has 2 rings (SSSR count). The summed E-state index contributed by atoms with van der Waals surface area (Å²) in [7, 11) is 0. The Hall–Kier alpha value is -0.120. The largest absolute Gasteiger partial charge is 0.389 e. The van der Waals surface area contributed by atoms with Gasteiger partial charge in [-0.25, -0.2) is 0 Å². The van der Waals surface area contributed by atoms with E-state index in [9.17, 15) is 10.2 Å². The molecule has 2 aliphatic rings. The average Bonchev–Trinajstić information content (AvgIpc) is 2.56. The summed E-state index contributed by atoms with van der Waals surface area (Å²) in [5.41, 5.74) is -0.126. The van der Waals surface area contributed by atoms with Crippen LogP contribution in [0.15, 0.2) is 0 Å². The van der Waals surface area contributed by atoms with Crippen LogP contribution in [0, 0.1) is 0 Å². The summed E-state index contributed by atoms with van der Waals surface area (Å²) >= 11 is 0. The van der Waals surface area contributed by atoms with Crippen LogP contribution in [0.5, 0.6) is 0 Å². The number of nitrogens with one attached hydrogen (secondary N) is 1. The predicted octanol–water partition coefficient (Wildman–Crippen LogP) is -0.376. The summed E-state index contributed by atoms with van der Waals surface area (Å²) in [6.45, 7) is 0.557. The Kier molecular flexibility index (Phi) is 1.67. The van der Waals surface area contributed by atoms with Crippen molar-refractivity contribution in [1.82, 2.24) is 5.32 Å². The maximum Gasteiger partial charge on any atom is 0.0992 e. The van der Waals surface area contributed by atoms with Crippen LogP contribution in [0.25, 0.3) is 0 Å². The van der Waals surface area contributed by atoms with Crippen LogP contribution in [0.3, 0.4) is 0 Å². The Morgan fingerprint density at radius 2 is 1.82 bits per heavy atom. The molecule has 1 spiro atoms. The molecule has 1 aliphatic heterocycles. The highest BCUT2D eigenvalue weighted by Crippen LogP contribution is 2.36. The number of aliphatic hydroxyl groups is 2. The van der Waals surface area contributed by atoms with E-state index in [1.54, 1.807) is 0 Å². The summed E-state index contributed by atoms with van der Waals surface area (Å²) < 4.78 is 0. The molecule has 2 atom stereocenters. The Balaban J connectivity index is 2.13. The Bertz CT molecular complexity index is 154. The van der Waals surface area contributed by atoms with Crippen LogP contribution in [0.4, 0.5) is 0 Å². The van der Waals surface area contributed by atoms with Gasteiger partial charge in [-0.2, -0.15) is 0 Å². The third-order valence-corrected chi connectivity index (χ3v) is 3.09. The second kappa shape index (κ2) is 2.44. The lowest BCUT2D eigenvalue weighted by atomic mass is 9.92. The van der Waals surface area contributed by atoms with Crippen molar-refractivity contribution in [2.75, 3.05) is 6.54 Å². The third kappa shape index (κ3) is 0.991. The number of hydrogen-bond donors (Lipinski definition) is 3. The van der Waals surface area contributed by atoms with E-state index in [0.29, 0.717) is 6.54 Å². The van der Waals surface area contributed by atoms with E-state index in [1.807, 2.05) is 0 Å². The molecule has 0 amide bonds. The molecule has 1 heterocycles. The van der Waals surface area contributed by atoms with Gasteiger partial charge in [0.25, 0.3) is 0 Å². The molecule has 2 fully saturated rings. The van der Waals surface area contributed by atoms with E-state index in [0.717, 1.165) is 12.8 Å². The van der Waals surface area contributed by atoms with E-state index < -0.39 is 12.2 Å². The van der Waals surface area contributed by atoms with E-state index in [-0.39, 0.29) is 5.54 Å². The zero-order valence-electron chi connectivity index (χ0n) is 6.58. The van der Waals surface area contributed by atoms with Gasteiger partial charge in [-0.15, -0.1) is 0 Å². The van der Waals surface area contributed by atoms with E-state index in [4.69, 9.17) is 0 Å². The minimum absolute atomic E-state index is 0.126. The summed E-state index contributed by atoms with van der Waals surface area (Å²) in [6, 6.07) is 0. The summed E-state index contributed by atoms with van der Waals surface area (Å²) in [5, 5.41) is 22.2. The Morgan fingerprint density at radius 1 is 1.18 bits per heavy atom. The highest BCUT2D eigenvalue weighted by molar-refractivity contribution is 5.06. The number of rotatable bonds is 0. The molecule has 1 saturated heterocycles. The minimum atomic E-state index is -0.548. The third-order valence-electron chi connectivity index (χ3n) is 3.09. The van der Waals surface area contributed by atoms with Crippen LogP contribution < -0.4 is 5.32 Å². The summed E-state index contributed by atoms with van der Waals surface area (Å²) in [5.74, 6) is 0. The fraction of sp³-hybridized carbons (Fsp3) is 1.00. The van der Waals surface area contributed by atoms with Gasteiger partial charge < -0.3 is 15.5 Å². The lowest BCUT2D eigenvalue weighted by Crippen LogP contribution is -2.46. The SMILES string of the molecule is O[C@@H]1CNC2(CCCC2)[C@@H]1O. The molecule has 1 aliphatic carbocycles. The molecule has 11 heavy (non-hydrogen) atoms. The normalized spacial score (nSPS) is 42.0. The summed E-state index contributed by atoms with van der Waals surface area (Å²) in [6.07, 6.45) is 3.31. The second-order valence-corrected chi connectivity index (χ2v) is 3.76. The number of β-amino-alcohol motifs (C(OH)–C–C–N with tert-alkyl or cyclic N) is 1. The quantitative estimate of drug-likeness (QED) is 0.449. The maximum absolute atomic E-state index is 9.64. The first-order chi connectivity index (χ1) is 5.25. The molecule has 0 radical (unpaired) electrons. The molecule has 0 bridgehead atoms. The van der Waals surface area contributed by atoms with Gasteiger partial charge in [-0.05, 0) is 12.8 Å². The van der Waals surface area contributed by atoms with Gasteiger partial charge in [0, 0.05) is 12.1 Å². The van der Waals surface area contributed by atoms with Gasteiger partial charge in [0.15, 0.2) is 0 Å². The van der Waals surface area contributed by atoms with Crippen LogP contribution in [0.1, 0.15) is 25.7 Å². The first-order valence-electron chi connectivity index (χ1n) is 4.36. The highest BCUT2D eigenvalue weighted by atomic mass is 16.3. The van der Waals surface area contributed by atoms with Crippen molar-refractivity contribution in [3.63, 3.8) is 0 Å². The zero-order valence-corrected chi connectivity index (χ0v) is 6.58. The fourth-order valence-corrected chi connectivity index (χ4v) is 2.37. The standard InChI is InChI=1S/C8H15NO2/c10-6-5-9-8(7(6)11)3-1-2-4-8/h6-7,9-11H,1-5H2/t6-,7-/m1/s1. The van der Waals surface area contributed by atoms with Crippen molar-refractivity contribution < 1.29 is 10.2 Å². The van der Waals surface area contributed by atoms with E-state index in [2.05, 4.69) is 5.32 Å². The number of aliphatic hydroxyl groups excluding tert-OH is 2. The van der Waals surface area contributed by atoms with Gasteiger partial charge >= 0.3 is 0 Å². The van der Waals surface area contributed by atoms with Crippen molar-refractivity contribution in [2.24, 2.45) is 0 Å². The van der Waals surface area contributed by atoms with Crippen molar-refractivity contribution in [3.8, 4) is 0 Å². The second-order valence-electron chi connectivity index (χ2n) is 3.76.